The van der Waals surface area contributed by atoms with Crippen LogP contribution < -0.4 is 10.5 Å². The Balaban J connectivity index is 1.99. The van der Waals surface area contributed by atoms with Gasteiger partial charge in [-0.15, -0.1) is 5.10 Å². The average molecular weight is 437 g/mol. The summed E-state index contributed by atoms with van der Waals surface area (Å²) in [6, 6.07) is 3.94. The zero-order valence-corrected chi connectivity index (χ0v) is 17.8. The van der Waals surface area contributed by atoms with Gasteiger partial charge in [-0.2, -0.15) is 22.7 Å². The molecule has 0 spiro atoms. The van der Waals surface area contributed by atoms with Crippen molar-refractivity contribution >= 4 is 10.2 Å². The number of H-pyrrole nitrogens is 1. The van der Waals surface area contributed by atoms with E-state index in [1.54, 1.807) is 19.9 Å². The summed E-state index contributed by atoms with van der Waals surface area (Å²) in [6.07, 6.45) is 1.19. The Labute approximate surface area is 174 Å². The van der Waals surface area contributed by atoms with Crippen LogP contribution in [0.3, 0.4) is 0 Å². The lowest BCUT2D eigenvalue weighted by Gasteiger charge is -2.31. The molecule has 0 saturated carbocycles. The van der Waals surface area contributed by atoms with Gasteiger partial charge < -0.3 is 4.42 Å². The molecule has 162 valence electrons. The second kappa shape index (κ2) is 8.67. The van der Waals surface area contributed by atoms with Crippen LogP contribution >= 0.6 is 0 Å². The third-order valence-corrected chi connectivity index (χ3v) is 7.15. The van der Waals surface area contributed by atoms with Crippen molar-refractivity contribution in [3.63, 3.8) is 0 Å². The van der Waals surface area contributed by atoms with Crippen molar-refractivity contribution in [1.82, 2.24) is 19.2 Å². The van der Waals surface area contributed by atoms with Crippen LogP contribution in [0.1, 0.15) is 54.3 Å². The first-order valence-electron chi connectivity index (χ1n) is 9.62. The van der Waals surface area contributed by atoms with Crippen LogP contribution in [0.4, 0.5) is 4.39 Å². The standard InChI is InChI=1S/C19H24FN5O4S/c1-11-6-7-15(20)16(12(11)2)13(3)17(18-22-23-19(26)29-18)24-30(27,28)25-8-4-5-14(9-21)10-25/h6-7,13-14,17,24H,4-5,8,10H2,1-3H3,(H,23,26)/t13?,14?,17-/m0/s1. The molecule has 3 rings (SSSR count). The largest absolute Gasteiger partial charge is 0.434 e. The molecule has 1 aliphatic rings. The minimum Gasteiger partial charge on any atom is -0.391 e. The Bertz CT molecular complexity index is 1120. The predicted molar refractivity (Wildman–Crippen MR) is 106 cm³/mol. The van der Waals surface area contributed by atoms with Crippen molar-refractivity contribution < 1.29 is 17.2 Å². The van der Waals surface area contributed by atoms with Gasteiger partial charge in [0.2, 0.25) is 5.89 Å². The first kappa shape index (κ1) is 22.1. The number of piperidine rings is 1. The third kappa shape index (κ3) is 4.45. The number of nitrogens with one attached hydrogen (secondary N) is 2. The van der Waals surface area contributed by atoms with E-state index in [1.807, 2.05) is 6.92 Å². The minimum absolute atomic E-state index is 0.0648. The Morgan fingerprint density at radius 3 is 2.80 bits per heavy atom. The van der Waals surface area contributed by atoms with Crippen LogP contribution in [0.2, 0.25) is 0 Å². The molecule has 1 aliphatic heterocycles. The number of nitriles is 1. The Morgan fingerprint density at radius 1 is 1.43 bits per heavy atom. The van der Waals surface area contributed by atoms with Crippen LogP contribution in [0, 0.1) is 36.9 Å². The summed E-state index contributed by atoms with van der Waals surface area (Å²) in [4.78, 5) is 11.5. The number of aromatic nitrogens is 2. The molecule has 9 nitrogen and oxygen atoms in total. The van der Waals surface area contributed by atoms with Crippen molar-refractivity contribution in [1.29, 1.82) is 5.26 Å². The van der Waals surface area contributed by atoms with E-state index < -0.39 is 39.7 Å². The molecule has 2 heterocycles. The van der Waals surface area contributed by atoms with Gasteiger partial charge >= 0.3 is 5.76 Å². The summed E-state index contributed by atoms with van der Waals surface area (Å²) in [5.74, 6) is -2.65. The highest BCUT2D eigenvalue weighted by atomic mass is 32.2. The molecule has 1 aromatic carbocycles. The van der Waals surface area contributed by atoms with Gasteiger partial charge in [0.1, 0.15) is 11.9 Å². The molecular weight excluding hydrogens is 413 g/mol. The fraction of sp³-hybridized carbons (Fsp3) is 0.526. The number of aryl methyl sites for hydroxylation is 1. The quantitative estimate of drug-likeness (QED) is 0.711. The number of benzene rings is 1. The zero-order chi connectivity index (χ0) is 22.1. The summed E-state index contributed by atoms with van der Waals surface area (Å²) in [5, 5.41) is 15.1. The third-order valence-electron chi connectivity index (χ3n) is 5.59. The number of aromatic amines is 1. The SMILES string of the molecule is Cc1ccc(F)c(C(C)[C@H](NS(=O)(=O)N2CCCC(C#N)C2)c2n[nH]c(=O)o2)c1C. The Hall–Kier alpha value is -2.55. The van der Waals surface area contributed by atoms with Gasteiger partial charge in [0.05, 0.1) is 12.0 Å². The highest BCUT2D eigenvalue weighted by Crippen LogP contribution is 2.35. The maximum absolute atomic E-state index is 14.7. The van der Waals surface area contributed by atoms with E-state index in [1.165, 1.54) is 10.4 Å². The summed E-state index contributed by atoms with van der Waals surface area (Å²) in [6.45, 7) is 5.54. The second-order valence-corrected chi connectivity index (χ2v) is 9.27. The summed E-state index contributed by atoms with van der Waals surface area (Å²) < 4.78 is 49.6. The van der Waals surface area contributed by atoms with E-state index in [4.69, 9.17) is 9.68 Å². The molecule has 2 N–H and O–H groups in total. The average Bonchev–Trinajstić information content (AvgIpc) is 3.15. The van der Waals surface area contributed by atoms with Gasteiger partial charge in [-0.05, 0) is 49.4 Å². The maximum Gasteiger partial charge on any atom is 0.434 e. The Morgan fingerprint density at radius 2 is 2.17 bits per heavy atom. The first-order valence-corrected chi connectivity index (χ1v) is 11.1. The van der Waals surface area contributed by atoms with E-state index >= 15 is 0 Å². The molecule has 11 heteroatoms. The van der Waals surface area contributed by atoms with Gasteiger partial charge in [-0.3, -0.25) is 0 Å². The lowest BCUT2D eigenvalue weighted by atomic mass is 9.88. The second-order valence-electron chi connectivity index (χ2n) is 7.57. The number of hydrogen-bond acceptors (Lipinski definition) is 6. The molecule has 2 aromatic rings. The fourth-order valence-corrected chi connectivity index (χ4v) is 5.29. The van der Waals surface area contributed by atoms with E-state index in [2.05, 4.69) is 21.0 Å². The molecule has 30 heavy (non-hydrogen) atoms. The number of halogens is 1. The molecule has 1 saturated heterocycles. The van der Waals surface area contributed by atoms with Gasteiger partial charge in [-0.25, -0.2) is 14.3 Å². The van der Waals surface area contributed by atoms with Crippen molar-refractivity contribution in [3.8, 4) is 6.07 Å². The van der Waals surface area contributed by atoms with Crippen LogP contribution in [0.25, 0.3) is 0 Å². The molecule has 0 amide bonds. The molecule has 1 fully saturated rings. The maximum atomic E-state index is 14.7. The van der Waals surface area contributed by atoms with Gasteiger partial charge in [0.15, 0.2) is 0 Å². The monoisotopic (exact) mass is 437 g/mol. The molecular formula is C19H24FN5O4S. The zero-order valence-electron chi connectivity index (χ0n) is 17.0. The molecule has 0 bridgehead atoms. The fourth-order valence-electron chi connectivity index (χ4n) is 3.77. The van der Waals surface area contributed by atoms with Crippen molar-refractivity contribution in [2.75, 3.05) is 13.1 Å². The molecule has 0 aliphatic carbocycles. The highest BCUT2D eigenvalue weighted by molar-refractivity contribution is 7.87. The number of rotatable bonds is 6. The van der Waals surface area contributed by atoms with Crippen molar-refractivity contribution in [2.24, 2.45) is 5.92 Å². The molecule has 3 atom stereocenters. The van der Waals surface area contributed by atoms with Crippen molar-refractivity contribution in [2.45, 2.75) is 45.6 Å². The summed E-state index contributed by atoms with van der Waals surface area (Å²) in [5.41, 5.74) is 1.82. The summed E-state index contributed by atoms with van der Waals surface area (Å²) in [7, 11) is -4.06. The van der Waals surface area contributed by atoms with Crippen LogP contribution in [0.15, 0.2) is 21.3 Å². The minimum atomic E-state index is -4.06. The lowest BCUT2D eigenvalue weighted by Crippen LogP contribution is -2.47. The normalized spacial score (nSPS) is 19.9. The van der Waals surface area contributed by atoms with E-state index in [0.717, 1.165) is 5.56 Å². The summed E-state index contributed by atoms with van der Waals surface area (Å²) >= 11 is 0. The van der Waals surface area contributed by atoms with E-state index in [9.17, 15) is 17.6 Å². The van der Waals surface area contributed by atoms with Gasteiger partial charge in [-0.1, -0.05) is 13.0 Å². The Kier molecular flexibility index (Phi) is 6.40. The number of nitrogens with zero attached hydrogens (tertiary/aromatic N) is 3. The van der Waals surface area contributed by atoms with Crippen molar-refractivity contribution in [3.05, 3.63) is 51.1 Å². The topological polar surface area (TPSA) is 132 Å². The number of hydrogen-bond donors (Lipinski definition) is 2. The molecule has 2 unspecified atom stereocenters. The molecule has 1 aromatic heterocycles. The van der Waals surface area contributed by atoms with Crippen LogP contribution in [-0.2, 0) is 10.2 Å². The predicted octanol–water partition coefficient (Wildman–Crippen LogP) is 2.03. The van der Waals surface area contributed by atoms with E-state index in [-0.39, 0.29) is 19.0 Å². The van der Waals surface area contributed by atoms with Gasteiger partial charge in [0.25, 0.3) is 10.2 Å². The van der Waals surface area contributed by atoms with Crippen LogP contribution in [-0.4, -0.2) is 36.0 Å². The lowest BCUT2D eigenvalue weighted by molar-refractivity contribution is 0.293. The first-order chi connectivity index (χ1) is 14.1. The van der Waals surface area contributed by atoms with Crippen LogP contribution in [0.5, 0.6) is 0 Å². The molecule has 0 radical (unpaired) electrons. The highest BCUT2D eigenvalue weighted by Gasteiger charge is 2.36. The smallest absolute Gasteiger partial charge is 0.391 e. The van der Waals surface area contributed by atoms with E-state index in [0.29, 0.717) is 24.0 Å². The van der Waals surface area contributed by atoms with Gasteiger partial charge in [0, 0.05) is 19.0 Å².